The Morgan fingerprint density at radius 2 is 2.25 bits per heavy atom. The number of rotatable bonds is 7. The first-order valence-corrected chi connectivity index (χ1v) is 6.03. The predicted octanol–water partition coefficient (Wildman–Crippen LogP) is 3.53. The Morgan fingerprint density at radius 1 is 1.44 bits per heavy atom. The SMILES string of the molecule is C=CCCCCCC(N)c1cc(C)ccn1. The van der Waals surface area contributed by atoms with E-state index in [1.165, 1.54) is 24.8 Å². The summed E-state index contributed by atoms with van der Waals surface area (Å²) in [5.74, 6) is 0. The molecule has 0 aromatic carbocycles. The van der Waals surface area contributed by atoms with Crippen LogP contribution in [0.2, 0.25) is 0 Å². The third-order valence-corrected chi connectivity index (χ3v) is 2.74. The van der Waals surface area contributed by atoms with Crippen LogP contribution in [0, 0.1) is 6.92 Å². The van der Waals surface area contributed by atoms with Crippen LogP contribution in [0.3, 0.4) is 0 Å². The number of nitrogens with zero attached hydrogens (tertiary/aromatic N) is 1. The van der Waals surface area contributed by atoms with Crippen LogP contribution in [0.1, 0.15) is 49.4 Å². The highest BCUT2D eigenvalue weighted by Gasteiger charge is 2.06. The molecule has 0 saturated carbocycles. The fraction of sp³-hybridized carbons (Fsp3) is 0.500. The van der Waals surface area contributed by atoms with Crippen molar-refractivity contribution in [1.82, 2.24) is 4.98 Å². The number of hydrogen-bond acceptors (Lipinski definition) is 2. The highest BCUT2D eigenvalue weighted by molar-refractivity contribution is 5.16. The second-order valence-electron chi connectivity index (χ2n) is 4.29. The highest BCUT2D eigenvalue weighted by Crippen LogP contribution is 2.16. The van der Waals surface area contributed by atoms with Gasteiger partial charge in [0.05, 0.1) is 5.69 Å². The van der Waals surface area contributed by atoms with Crippen LogP contribution in [0.25, 0.3) is 0 Å². The van der Waals surface area contributed by atoms with E-state index >= 15 is 0 Å². The van der Waals surface area contributed by atoms with Crippen LogP contribution in [-0.4, -0.2) is 4.98 Å². The molecule has 0 aliphatic rings. The zero-order valence-corrected chi connectivity index (χ0v) is 10.2. The maximum absolute atomic E-state index is 6.10. The summed E-state index contributed by atoms with van der Waals surface area (Å²) in [6.45, 7) is 5.79. The van der Waals surface area contributed by atoms with Crippen LogP contribution in [0.5, 0.6) is 0 Å². The standard InChI is InChI=1S/C14H22N2/c1-3-4-5-6-7-8-13(15)14-11-12(2)9-10-16-14/h3,9-11,13H,1,4-8,15H2,2H3. The van der Waals surface area contributed by atoms with Gasteiger partial charge in [0.1, 0.15) is 0 Å². The molecule has 0 aliphatic carbocycles. The van der Waals surface area contributed by atoms with Crippen LogP contribution < -0.4 is 5.73 Å². The summed E-state index contributed by atoms with van der Waals surface area (Å²) in [6, 6.07) is 4.16. The Bertz CT molecular complexity index is 320. The Hall–Kier alpha value is -1.15. The minimum absolute atomic E-state index is 0.0867. The van der Waals surface area contributed by atoms with Gasteiger partial charge < -0.3 is 5.73 Å². The van der Waals surface area contributed by atoms with Crippen LogP contribution in [-0.2, 0) is 0 Å². The summed E-state index contributed by atoms with van der Waals surface area (Å²) < 4.78 is 0. The maximum Gasteiger partial charge on any atom is 0.0573 e. The fourth-order valence-electron chi connectivity index (χ4n) is 1.74. The Morgan fingerprint density at radius 3 is 2.94 bits per heavy atom. The summed E-state index contributed by atoms with van der Waals surface area (Å²) in [4.78, 5) is 4.31. The van der Waals surface area contributed by atoms with E-state index in [2.05, 4.69) is 24.6 Å². The Balaban J connectivity index is 2.29. The Labute approximate surface area is 98.6 Å². The number of unbranched alkanes of at least 4 members (excludes halogenated alkanes) is 3. The average molecular weight is 218 g/mol. The Kier molecular flexibility index (Phi) is 5.79. The minimum Gasteiger partial charge on any atom is -0.323 e. The maximum atomic E-state index is 6.10. The van der Waals surface area contributed by atoms with Crippen LogP contribution in [0.4, 0.5) is 0 Å². The number of hydrogen-bond donors (Lipinski definition) is 1. The number of aryl methyl sites for hydroxylation is 1. The van der Waals surface area contributed by atoms with Crippen molar-refractivity contribution in [2.75, 3.05) is 0 Å². The van der Waals surface area contributed by atoms with Crippen molar-refractivity contribution < 1.29 is 0 Å². The lowest BCUT2D eigenvalue weighted by atomic mass is 10.0. The molecular formula is C14H22N2. The molecule has 1 aromatic heterocycles. The minimum atomic E-state index is 0.0867. The van der Waals surface area contributed by atoms with E-state index < -0.39 is 0 Å². The van der Waals surface area contributed by atoms with Crippen LogP contribution >= 0.6 is 0 Å². The largest absolute Gasteiger partial charge is 0.323 e. The summed E-state index contributed by atoms with van der Waals surface area (Å²) in [7, 11) is 0. The second kappa shape index (κ2) is 7.18. The van der Waals surface area contributed by atoms with Gasteiger partial charge in [0.2, 0.25) is 0 Å². The zero-order chi connectivity index (χ0) is 11.8. The molecule has 1 unspecified atom stereocenters. The summed E-state index contributed by atoms with van der Waals surface area (Å²) in [5.41, 5.74) is 8.34. The molecule has 0 fully saturated rings. The van der Waals surface area contributed by atoms with Crippen molar-refractivity contribution in [3.8, 4) is 0 Å². The van der Waals surface area contributed by atoms with E-state index in [9.17, 15) is 0 Å². The summed E-state index contributed by atoms with van der Waals surface area (Å²) >= 11 is 0. The van der Waals surface area contributed by atoms with E-state index in [-0.39, 0.29) is 6.04 Å². The van der Waals surface area contributed by atoms with Crippen molar-refractivity contribution in [2.24, 2.45) is 5.73 Å². The van der Waals surface area contributed by atoms with E-state index in [0.29, 0.717) is 0 Å². The molecule has 2 nitrogen and oxygen atoms in total. The van der Waals surface area contributed by atoms with Gasteiger partial charge in [-0.3, -0.25) is 4.98 Å². The van der Waals surface area contributed by atoms with Gasteiger partial charge >= 0.3 is 0 Å². The molecule has 16 heavy (non-hydrogen) atoms. The van der Waals surface area contributed by atoms with Gasteiger partial charge in [0, 0.05) is 12.2 Å². The van der Waals surface area contributed by atoms with Gasteiger partial charge in [-0.15, -0.1) is 6.58 Å². The lowest BCUT2D eigenvalue weighted by molar-refractivity contribution is 0.562. The first kappa shape index (κ1) is 12.9. The van der Waals surface area contributed by atoms with Gasteiger partial charge in [-0.25, -0.2) is 0 Å². The molecule has 0 amide bonds. The first-order valence-electron chi connectivity index (χ1n) is 6.03. The molecule has 0 spiro atoms. The molecule has 2 heteroatoms. The molecule has 1 aromatic rings. The van der Waals surface area contributed by atoms with E-state index in [1.54, 1.807) is 0 Å². The molecular weight excluding hydrogens is 196 g/mol. The average Bonchev–Trinajstić information content (AvgIpc) is 2.28. The number of nitrogens with two attached hydrogens (primary N) is 1. The molecule has 0 bridgehead atoms. The molecule has 1 heterocycles. The van der Waals surface area contributed by atoms with Crippen LogP contribution in [0.15, 0.2) is 31.0 Å². The third kappa shape index (κ3) is 4.58. The third-order valence-electron chi connectivity index (χ3n) is 2.74. The van der Waals surface area contributed by atoms with Crippen molar-refractivity contribution in [3.05, 3.63) is 42.2 Å². The molecule has 88 valence electrons. The lowest BCUT2D eigenvalue weighted by Gasteiger charge is -2.11. The first-order chi connectivity index (χ1) is 7.74. The molecule has 1 atom stereocenters. The number of aromatic nitrogens is 1. The normalized spacial score (nSPS) is 12.4. The second-order valence-corrected chi connectivity index (χ2v) is 4.29. The van der Waals surface area contributed by atoms with E-state index in [0.717, 1.165) is 18.5 Å². The summed E-state index contributed by atoms with van der Waals surface area (Å²) in [5, 5.41) is 0. The van der Waals surface area contributed by atoms with Crippen molar-refractivity contribution >= 4 is 0 Å². The molecule has 2 N–H and O–H groups in total. The number of pyridine rings is 1. The van der Waals surface area contributed by atoms with Gasteiger partial charge in [-0.2, -0.15) is 0 Å². The quantitative estimate of drug-likeness (QED) is 0.561. The van der Waals surface area contributed by atoms with Crippen molar-refractivity contribution in [3.63, 3.8) is 0 Å². The van der Waals surface area contributed by atoms with Gasteiger partial charge in [-0.05, 0) is 43.9 Å². The predicted molar refractivity (Wildman–Crippen MR) is 69.2 cm³/mol. The van der Waals surface area contributed by atoms with Gasteiger partial charge in [0.25, 0.3) is 0 Å². The topological polar surface area (TPSA) is 38.9 Å². The monoisotopic (exact) mass is 218 g/mol. The zero-order valence-electron chi connectivity index (χ0n) is 10.2. The van der Waals surface area contributed by atoms with Crippen molar-refractivity contribution in [2.45, 2.75) is 45.1 Å². The smallest absolute Gasteiger partial charge is 0.0573 e. The van der Waals surface area contributed by atoms with E-state index in [4.69, 9.17) is 5.73 Å². The molecule has 0 saturated heterocycles. The van der Waals surface area contributed by atoms with Gasteiger partial charge in [0.15, 0.2) is 0 Å². The number of allylic oxidation sites excluding steroid dienone is 1. The van der Waals surface area contributed by atoms with E-state index in [1.807, 2.05) is 18.3 Å². The highest BCUT2D eigenvalue weighted by atomic mass is 14.8. The fourth-order valence-corrected chi connectivity index (χ4v) is 1.74. The summed E-state index contributed by atoms with van der Waals surface area (Å²) in [6.07, 6.45) is 9.56. The molecule has 0 radical (unpaired) electrons. The molecule has 0 aliphatic heterocycles. The lowest BCUT2D eigenvalue weighted by Crippen LogP contribution is -2.11. The molecule has 1 rings (SSSR count). The van der Waals surface area contributed by atoms with Gasteiger partial charge in [-0.1, -0.05) is 18.9 Å². The van der Waals surface area contributed by atoms with Crippen molar-refractivity contribution in [1.29, 1.82) is 0 Å².